The number of hydrogen-bond donors (Lipinski definition) is 0. The first-order valence-electron chi connectivity index (χ1n) is 10.1. The normalized spacial score (nSPS) is 23.5. The zero-order valence-electron chi connectivity index (χ0n) is 16.8. The number of sulfonamides is 1. The number of benzene rings is 1. The van der Waals surface area contributed by atoms with Gasteiger partial charge in [-0.1, -0.05) is 17.4 Å². The minimum atomic E-state index is -3.31. The molecule has 2 saturated heterocycles. The smallest absolute Gasteiger partial charge is 0.233 e. The van der Waals surface area contributed by atoms with E-state index in [0.29, 0.717) is 31.1 Å². The van der Waals surface area contributed by atoms with Gasteiger partial charge in [-0.25, -0.2) is 17.7 Å². The van der Waals surface area contributed by atoms with E-state index >= 15 is 0 Å². The van der Waals surface area contributed by atoms with Gasteiger partial charge in [-0.3, -0.25) is 9.69 Å². The van der Waals surface area contributed by atoms with Gasteiger partial charge < -0.3 is 4.74 Å². The molecule has 29 heavy (non-hydrogen) atoms. The molecule has 2 aliphatic heterocycles. The van der Waals surface area contributed by atoms with Crippen LogP contribution in [0.5, 0.6) is 0 Å². The lowest BCUT2D eigenvalue weighted by molar-refractivity contribution is -0.123. The van der Waals surface area contributed by atoms with Gasteiger partial charge >= 0.3 is 0 Å². The van der Waals surface area contributed by atoms with Crippen molar-refractivity contribution in [2.24, 2.45) is 5.92 Å². The van der Waals surface area contributed by atoms with Gasteiger partial charge in [0.05, 0.1) is 35.0 Å². The molecule has 3 heterocycles. The molecule has 0 saturated carbocycles. The molecule has 0 N–H and O–H groups in total. The van der Waals surface area contributed by atoms with Crippen molar-refractivity contribution >= 4 is 42.6 Å². The number of aryl methyl sites for hydroxylation is 1. The Morgan fingerprint density at radius 3 is 2.90 bits per heavy atom. The van der Waals surface area contributed by atoms with Crippen LogP contribution in [0.4, 0.5) is 5.13 Å². The summed E-state index contributed by atoms with van der Waals surface area (Å²) in [6, 6.07) is 6.08. The lowest BCUT2D eigenvalue weighted by atomic mass is 9.98. The zero-order chi connectivity index (χ0) is 20.6. The number of nitrogens with zero attached hydrogens (tertiary/aromatic N) is 3. The molecule has 2 aromatic rings. The quantitative estimate of drug-likeness (QED) is 0.719. The van der Waals surface area contributed by atoms with Gasteiger partial charge in [0.1, 0.15) is 0 Å². The standard InChI is InChI=1S/C20H27N3O4S2/c1-14-7-8-17-18(11-14)28-20(21-17)23(13-16-6-4-10-27-16)19(24)15-5-3-9-22(12-15)29(2,25)26/h7-8,11,15-16H,3-6,9-10,12-13H2,1-2H3. The number of ether oxygens (including phenoxy) is 1. The van der Waals surface area contributed by atoms with E-state index in [0.717, 1.165) is 35.2 Å². The maximum atomic E-state index is 13.5. The molecule has 2 fully saturated rings. The maximum Gasteiger partial charge on any atom is 0.233 e. The Labute approximate surface area is 175 Å². The fourth-order valence-corrected chi connectivity index (χ4v) is 6.04. The minimum Gasteiger partial charge on any atom is -0.376 e. The van der Waals surface area contributed by atoms with Crippen molar-refractivity contribution in [2.45, 2.75) is 38.7 Å². The van der Waals surface area contributed by atoms with Crippen LogP contribution < -0.4 is 4.90 Å². The molecule has 2 atom stereocenters. The van der Waals surface area contributed by atoms with Gasteiger partial charge in [0.25, 0.3) is 0 Å². The van der Waals surface area contributed by atoms with Gasteiger partial charge in [0.15, 0.2) is 5.13 Å². The van der Waals surface area contributed by atoms with Gasteiger partial charge in [-0.15, -0.1) is 0 Å². The van der Waals surface area contributed by atoms with Crippen LogP contribution in [0.3, 0.4) is 0 Å². The van der Waals surface area contributed by atoms with Crippen molar-refractivity contribution in [1.29, 1.82) is 0 Å². The summed E-state index contributed by atoms with van der Waals surface area (Å²) < 4.78 is 32.2. The first-order chi connectivity index (χ1) is 13.8. The van der Waals surface area contributed by atoms with Crippen molar-refractivity contribution < 1.29 is 17.9 Å². The third kappa shape index (κ3) is 4.63. The number of fused-ring (bicyclic) bond motifs is 1. The number of aromatic nitrogens is 1. The monoisotopic (exact) mass is 437 g/mol. The second kappa shape index (κ2) is 8.29. The fraction of sp³-hybridized carbons (Fsp3) is 0.600. The van der Waals surface area contributed by atoms with E-state index in [4.69, 9.17) is 9.72 Å². The van der Waals surface area contributed by atoms with Gasteiger partial charge in [-0.2, -0.15) is 0 Å². The Balaban J connectivity index is 1.63. The molecule has 2 aliphatic rings. The van der Waals surface area contributed by atoms with Crippen molar-refractivity contribution in [2.75, 3.05) is 37.4 Å². The zero-order valence-corrected chi connectivity index (χ0v) is 18.5. The van der Waals surface area contributed by atoms with Crippen molar-refractivity contribution in [3.8, 4) is 0 Å². The molecule has 4 rings (SSSR count). The number of carbonyl (C=O) groups is 1. The van der Waals surface area contributed by atoms with Crippen molar-refractivity contribution in [3.63, 3.8) is 0 Å². The molecule has 0 bridgehead atoms. The van der Waals surface area contributed by atoms with E-state index in [1.165, 1.54) is 21.9 Å². The number of amides is 1. The number of thiazole rings is 1. The first-order valence-corrected chi connectivity index (χ1v) is 12.7. The lowest BCUT2D eigenvalue weighted by Gasteiger charge is -2.33. The van der Waals surface area contributed by atoms with E-state index < -0.39 is 10.0 Å². The van der Waals surface area contributed by atoms with Crippen LogP contribution in [0.1, 0.15) is 31.2 Å². The first kappa shape index (κ1) is 20.7. The molecule has 1 aromatic carbocycles. The highest BCUT2D eigenvalue weighted by Crippen LogP contribution is 2.32. The van der Waals surface area contributed by atoms with E-state index in [-0.39, 0.29) is 24.5 Å². The van der Waals surface area contributed by atoms with Crippen LogP contribution in [0.15, 0.2) is 18.2 Å². The second-order valence-electron chi connectivity index (χ2n) is 8.01. The Morgan fingerprint density at radius 1 is 1.34 bits per heavy atom. The maximum absolute atomic E-state index is 13.5. The number of carbonyl (C=O) groups excluding carboxylic acids is 1. The summed E-state index contributed by atoms with van der Waals surface area (Å²) in [5, 5.41) is 0.669. The average Bonchev–Trinajstić information content (AvgIpc) is 3.34. The van der Waals surface area contributed by atoms with E-state index in [2.05, 4.69) is 6.07 Å². The lowest BCUT2D eigenvalue weighted by Crippen LogP contribution is -2.48. The van der Waals surface area contributed by atoms with Crippen LogP contribution in [0, 0.1) is 12.8 Å². The summed E-state index contributed by atoms with van der Waals surface area (Å²) in [6.45, 7) is 3.94. The Hall–Kier alpha value is -1.55. The molecule has 0 spiro atoms. The number of hydrogen-bond acceptors (Lipinski definition) is 6. The largest absolute Gasteiger partial charge is 0.376 e. The van der Waals surface area contributed by atoms with Gasteiger partial charge in [0.2, 0.25) is 15.9 Å². The molecule has 7 nitrogen and oxygen atoms in total. The molecule has 1 aromatic heterocycles. The molecule has 1 amide bonds. The third-order valence-corrected chi connectivity index (χ3v) is 7.95. The Bertz CT molecular complexity index is 998. The van der Waals surface area contributed by atoms with Crippen LogP contribution >= 0.6 is 11.3 Å². The summed E-state index contributed by atoms with van der Waals surface area (Å²) >= 11 is 1.51. The van der Waals surface area contributed by atoms with E-state index in [1.54, 1.807) is 4.90 Å². The topological polar surface area (TPSA) is 79.8 Å². The Morgan fingerprint density at radius 2 is 2.17 bits per heavy atom. The van der Waals surface area contributed by atoms with Crippen LogP contribution in [0.25, 0.3) is 10.2 Å². The SMILES string of the molecule is Cc1ccc2nc(N(CC3CCCO3)C(=O)C3CCCN(S(C)(=O)=O)C3)sc2c1. The second-order valence-corrected chi connectivity index (χ2v) is 11.0. The summed E-state index contributed by atoms with van der Waals surface area (Å²) in [5.74, 6) is -0.404. The van der Waals surface area contributed by atoms with Gasteiger partial charge in [0, 0.05) is 19.7 Å². The summed E-state index contributed by atoms with van der Waals surface area (Å²) in [5.41, 5.74) is 2.03. The van der Waals surface area contributed by atoms with Crippen molar-refractivity contribution in [3.05, 3.63) is 23.8 Å². The number of anilines is 1. The molecule has 0 radical (unpaired) electrons. The van der Waals surface area contributed by atoms with Crippen LogP contribution in [-0.2, 0) is 19.6 Å². The average molecular weight is 438 g/mol. The van der Waals surface area contributed by atoms with Crippen molar-refractivity contribution in [1.82, 2.24) is 9.29 Å². The predicted octanol–water partition coefficient (Wildman–Crippen LogP) is 2.79. The van der Waals surface area contributed by atoms with E-state index in [1.807, 2.05) is 19.1 Å². The highest BCUT2D eigenvalue weighted by molar-refractivity contribution is 7.88. The highest BCUT2D eigenvalue weighted by atomic mass is 32.2. The summed E-state index contributed by atoms with van der Waals surface area (Å²) in [4.78, 5) is 20.0. The summed E-state index contributed by atoms with van der Waals surface area (Å²) in [6.07, 6.45) is 4.51. The molecule has 158 valence electrons. The predicted molar refractivity (Wildman–Crippen MR) is 115 cm³/mol. The summed E-state index contributed by atoms with van der Waals surface area (Å²) in [7, 11) is -3.31. The molecule has 2 unspecified atom stereocenters. The van der Waals surface area contributed by atoms with Gasteiger partial charge in [-0.05, 0) is 50.3 Å². The number of rotatable bonds is 5. The van der Waals surface area contributed by atoms with E-state index in [9.17, 15) is 13.2 Å². The molecule has 9 heteroatoms. The van der Waals surface area contributed by atoms with Crippen LogP contribution in [0.2, 0.25) is 0 Å². The molecular formula is C20H27N3O4S2. The fourth-order valence-electron chi connectivity index (χ4n) is 4.06. The minimum absolute atomic E-state index is 0.00213. The molecule has 0 aliphatic carbocycles. The highest BCUT2D eigenvalue weighted by Gasteiger charge is 2.35. The number of piperidine rings is 1. The third-order valence-electron chi connectivity index (χ3n) is 5.64. The Kier molecular flexibility index (Phi) is 5.92. The molecular weight excluding hydrogens is 410 g/mol. The van der Waals surface area contributed by atoms with Crippen LogP contribution in [-0.4, -0.2) is 62.2 Å².